The molecule has 0 unspecified atom stereocenters. The number of hydrazine groups is 1. The predicted molar refractivity (Wildman–Crippen MR) is 70.6 cm³/mol. The molecule has 0 spiro atoms. The lowest BCUT2D eigenvalue weighted by Gasteiger charge is -2.20. The minimum Gasteiger partial charge on any atom is -0.443 e. The van der Waals surface area contributed by atoms with Gasteiger partial charge in [-0.3, -0.25) is 5.43 Å². The van der Waals surface area contributed by atoms with E-state index in [1.807, 2.05) is 0 Å². The molecule has 0 bridgehead atoms. The second-order valence-electron chi connectivity index (χ2n) is 4.71. The molecule has 0 aromatic heterocycles. The van der Waals surface area contributed by atoms with Gasteiger partial charge in [0.05, 0.1) is 0 Å². The smallest absolute Gasteiger partial charge is 0.426 e. The van der Waals surface area contributed by atoms with Crippen molar-refractivity contribution in [3.8, 4) is 0 Å². The highest BCUT2D eigenvalue weighted by molar-refractivity contribution is 7.80. The van der Waals surface area contributed by atoms with Gasteiger partial charge in [0.25, 0.3) is 0 Å². The molecule has 0 saturated carbocycles. The molecule has 0 fully saturated rings. The maximum atomic E-state index is 13.4. The number of amides is 1. The number of halogens is 2. The van der Waals surface area contributed by atoms with Crippen molar-refractivity contribution in [3.05, 3.63) is 35.4 Å². The van der Waals surface area contributed by atoms with Crippen LogP contribution in [0.15, 0.2) is 18.2 Å². The number of hydrogen-bond acceptors (Lipinski definition) is 3. The lowest BCUT2D eigenvalue weighted by atomic mass is 10.2. The molecule has 0 aliphatic rings. The number of ether oxygens (including phenoxy) is 1. The summed E-state index contributed by atoms with van der Waals surface area (Å²) in [5, 5.41) is 0. The van der Waals surface area contributed by atoms with Gasteiger partial charge >= 0.3 is 6.09 Å². The van der Waals surface area contributed by atoms with Crippen LogP contribution in [0.4, 0.5) is 13.6 Å². The van der Waals surface area contributed by atoms with E-state index in [1.54, 1.807) is 20.8 Å². The van der Waals surface area contributed by atoms with Crippen molar-refractivity contribution in [3.63, 3.8) is 0 Å². The van der Waals surface area contributed by atoms with Crippen molar-refractivity contribution in [2.75, 3.05) is 0 Å². The van der Waals surface area contributed by atoms with Crippen LogP contribution >= 0.6 is 12.2 Å². The molecule has 1 aromatic carbocycles. The summed E-state index contributed by atoms with van der Waals surface area (Å²) in [5.41, 5.74) is 3.62. The first kappa shape index (κ1) is 15.3. The number of rotatable bonds is 1. The normalized spacial score (nSPS) is 10.8. The molecule has 7 heteroatoms. The van der Waals surface area contributed by atoms with Crippen LogP contribution in [-0.2, 0) is 4.74 Å². The summed E-state index contributed by atoms with van der Waals surface area (Å²) in [6.07, 6.45) is -0.772. The Bertz CT molecular complexity index is 501. The van der Waals surface area contributed by atoms with E-state index in [0.29, 0.717) is 0 Å². The van der Waals surface area contributed by atoms with E-state index in [1.165, 1.54) is 0 Å². The van der Waals surface area contributed by atoms with Crippen LogP contribution in [-0.4, -0.2) is 16.7 Å². The van der Waals surface area contributed by atoms with Crippen molar-refractivity contribution in [1.29, 1.82) is 0 Å². The molecule has 0 atom stereocenters. The first-order valence-corrected chi connectivity index (χ1v) is 5.84. The van der Waals surface area contributed by atoms with Crippen LogP contribution in [0.5, 0.6) is 0 Å². The molecule has 2 N–H and O–H groups in total. The Balaban J connectivity index is 2.61. The number of hydrogen-bond donors (Lipinski definition) is 2. The Kier molecular flexibility index (Phi) is 4.77. The molecule has 104 valence electrons. The van der Waals surface area contributed by atoms with Crippen molar-refractivity contribution < 1.29 is 18.3 Å². The van der Waals surface area contributed by atoms with Gasteiger partial charge in [0.2, 0.25) is 0 Å². The van der Waals surface area contributed by atoms with Crippen LogP contribution in [0.2, 0.25) is 0 Å². The zero-order valence-corrected chi connectivity index (χ0v) is 11.5. The van der Waals surface area contributed by atoms with E-state index in [2.05, 4.69) is 10.9 Å². The van der Waals surface area contributed by atoms with Crippen LogP contribution in [0.25, 0.3) is 0 Å². The summed E-state index contributed by atoms with van der Waals surface area (Å²) in [4.78, 5) is 11.2. The number of carbonyl (C=O) groups excluding carboxylic acids is 1. The zero-order chi connectivity index (χ0) is 14.6. The van der Waals surface area contributed by atoms with Gasteiger partial charge in [-0.1, -0.05) is 12.2 Å². The van der Waals surface area contributed by atoms with Crippen molar-refractivity contribution in [1.82, 2.24) is 10.9 Å². The van der Waals surface area contributed by atoms with Gasteiger partial charge in [-0.2, -0.15) is 0 Å². The van der Waals surface area contributed by atoms with Gasteiger partial charge < -0.3 is 4.74 Å². The van der Waals surface area contributed by atoms with E-state index in [-0.39, 0.29) is 10.6 Å². The minimum atomic E-state index is -0.772. The molecule has 0 radical (unpaired) electrons. The molecule has 0 aliphatic carbocycles. The van der Waals surface area contributed by atoms with Crippen molar-refractivity contribution in [2.24, 2.45) is 0 Å². The van der Waals surface area contributed by atoms with E-state index < -0.39 is 23.3 Å². The highest BCUT2D eigenvalue weighted by atomic mass is 32.1. The minimum absolute atomic E-state index is 0.147. The maximum Gasteiger partial charge on any atom is 0.426 e. The average Bonchev–Trinajstić information content (AvgIpc) is 2.27. The summed E-state index contributed by atoms with van der Waals surface area (Å²) in [6.45, 7) is 5.07. The quantitative estimate of drug-likeness (QED) is 0.616. The van der Waals surface area contributed by atoms with Crippen LogP contribution in [0.3, 0.4) is 0 Å². The van der Waals surface area contributed by atoms with Crippen LogP contribution in [0, 0.1) is 11.6 Å². The highest BCUT2D eigenvalue weighted by Crippen LogP contribution is 2.10. The maximum absolute atomic E-state index is 13.4. The van der Waals surface area contributed by atoms with Gasteiger partial charge in [0.15, 0.2) is 0 Å². The lowest BCUT2D eigenvalue weighted by molar-refractivity contribution is 0.0513. The lowest BCUT2D eigenvalue weighted by Crippen LogP contribution is -2.44. The fraction of sp³-hybridized carbons (Fsp3) is 0.333. The number of nitrogens with one attached hydrogen (secondary N) is 2. The molecule has 4 nitrogen and oxygen atoms in total. The van der Waals surface area contributed by atoms with E-state index in [4.69, 9.17) is 17.0 Å². The topological polar surface area (TPSA) is 50.4 Å². The molecule has 1 amide bonds. The Morgan fingerprint density at radius 3 is 2.47 bits per heavy atom. The summed E-state index contributed by atoms with van der Waals surface area (Å²) in [7, 11) is 0. The fourth-order valence-corrected chi connectivity index (χ4v) is 1.36. The summed E-state index contributed by atoms with van der Waals surface area (Å²) < 4.78 is 31.3. The molecular weight excluding hydrogens is 274 g/mol. The molecule has 19 heavy (non-hydrogen) atoms. The Morgan fingerprint density at radius 2 is 1.89 bits per heavy atom. The van der Waals surface area contributed by atoms with Crippen molar-refractivity contribution in [2.45, 2.75) is 26.4 Å². The standard InChI is InChI=1S/C12H14F2N2O2S/c1-12(2,3)18-11(17)16-15-10(19)8-6-7(13)4-5-9(8)14/h4-6H,1-3H3,(H,15,19)(H,16,17). The van der Waals surface area contributed by atoms with Crippen molar-refractivity contribution >= 4 is 23.3 Å². The fourth-order valence-electron chi connectivity index (χ4n) is 1.15. The number of thiocarbonyl (C=S) groups is 1. The first-order valence-electron chi connectivity index (χ1n) is 5.43. The van der Waals surface area contributed by atoms with Crippen LogP contribution in [0.1, 0.15) is 26.3 Å². The summed E-state index contributed by atoms with van der Waals surface area (Å²) in [6, 6.07) is 2.86. The summed E-state index contributed by atoms with van der Waals surface area (Å²) in [5.74, 6) is -1.32. The van der Waals surface area contributed by atoms with Gasteiger partial charge in [-0.25, -0.2) is 19.0 Å². The van der Waals surface area contributed by atoms with Gasteiger partial charge in [-0.05, 0) is 39.0 Å². The van der Waals surface area contributed by atoms with Crippen LogP contribution < -0.4 is 10.9 Å². The van der Waals surface area contributed by atoms with Gasteiger partial charge in [0.1, 0.15) is 22.2 Å². The Labute approximate surface area is 115 Å². The first-order chi connectivity index (χ1) is 8.69. The third-order valence-corrected chi connectivity index (χ3v) is 2.17. The largest absolute Gasteiger partial charge is 0.443 e. The van der Waals surface area contributed by atoms with E-state index in [0.717, 1.165) is 18.2 Å². The third kappa shape index (κ3) is 5.17. The molecule has 1 rings (SSSR count). The third-order valence-electron chi connectivity index (χ3n) is 1.85. The Hall–Kier alpha value is -1.76. The molecular formula is C12H14F2N2O2S. The molecule has 1 aromatic rings. The number of benzene rings is 1. The second kappa shape index (κ2) is 5.92. The average molecular weight is 288 g/mol. The second-order valence-corrected chi connectivity index (χ2v) is 5.11. The molecule has 0 heterocycles. The molecule has 0 saturated heterocycles. The van der Waals surface area contributed by atoms with E-state index >= 15 is 0 Å². The monoisotopic (exact) mass is 288 g/mol. The number of carbonyl (C=O) groups is 1. The van der Waals surface area contributed by atoms with Gasteiger partial charge in [-0.15, -0.1) is 0 Å². The van der Waals surface area contributed by atoms with E-state index in [9.17, 15) is 13.6 Å². The predicted octanol–water partition coefficient (Wildman–Crippen LogP) is 2.67. The zero-order valence-electron chi connectivity index (χ0n) is 10.7. The Morgan fingerprint density at radius 1 is 1.26 bits per heavy atom. The SMILES string of the molecule is CC(C)(C)OC(=O)NNC(=S)c1cc(F)ccc1F. The highest BCUT2D eigenvalue weighted by Gasteiger charge is 2.16. The summed E-state index contributed by atoms with van der Waals surface area (Å²) >= 11 is 4.84. The van der Waals surface area contributed by atoms with Gasteiger partial charge in [0, 0.05) is 5.56 Å². The molecule has 0 aliphatic heterocycles.